The molecular formula is C27H23F7N2O2. The molecule has 4 rings (SSSR count). The summed E-state index contributed by atoms with van der Waals surface area (Å²) in [6.45, 7) is -1.20. The highest BCUT2D eigenvalue weighted by atomic mass is 19.4. The first kappa shape index (κ1) is 27.3. The summed E-state index contributed by atoms with van der Waals surface area (Å²) in [5, 5.41) is 2.61. The van der Waals surface area contributed by atoms with E-state index in [-0.39, 0.29) is 29.8 Å². The molecule has 3 aromatic carbocycles. The second-order valence-electron chi connectivity index (χ2n) is 9.10. The van der Waals surface area contributed by atoms with E-state index in [9.17, 15) is 35.5 Å². The van der Waals surface area contributed by atoms with E-state index in [1.807, 2.05) is 0 Å². The van der Waals surface area contributed by atoms with Crippen LogP contribution in [-0.4, -0.2) is 37.1 Å². The minimum Gasteiger partial charge on any atom is -0.494 e. The first-order valence-electron chi connectivity index (χ1n) is 11.5. The summed E-state index contributed by atoms with van der Waals surface area (Å²) < 4.78 is 103. The molecule has 2 amide bonds. The molecule has 0 spiro atoms. The molecule has 11 heteroatoms. The second kappa shape index (κ2) is 10.2. The number of ether oxygens (including phenoxy) is 1. The van der Waals surface area contributed by atoms with Crippen molar-refractivity contribution in [2.24, 2.45) is 0 Å². The second-order valence-corrected chi connectivity index (χ2v) is 9.10. The topological polar surface area (TPSA) is 41.6 Å². The molecule has 0 aliphatic carbocycles. The molecule has 1 N–H and O–H groups in total. The summed E-state index contributed by atoms with van der Waals surface area (Å²) in [4.78, 5) is 14.2. The van der Waals surface area contributed by atoms with E-state index >= 15 is 0 Å². The normalized spacial score (nSPS) is 16.7. The van der Waals surface area contributed by atoms with Crippen molar-refractivity contribution >= 4 is 6.03 Å². The van der Waals surface area contributed by atoms with Gasteiger partial charge in [0.1, 0.15) is 5.82 Å². The molecule has 0 saturated carbocycles. The molecule has 1 heterocycles. The highest BCUT2D eigenvalue weighted by Crippen LogP contribution is 2.40. The van der Waals surface area contributed by atoms with Crippen molar-refractivity contribution in [3.05, 3.63) is 101 Å². The first-order valence-corrected chi connectivity index (χ1v) is 11.5. The van der Waals surface area contributed by atoms with Gasteiger partial charge in [0.05, 0.1) is 24.8 Å². The van der Waals surface area contributed by atoms with E-state index in [1.165, 1.54) is 19.2 Å². The smallest absolute Gasteiger partial charge is 0.416 e. The standard InChI is InChI=1S/C27H23F7N2O2/c1-38-23-14-18(7-8-22(23)29)26(15-17-5-3-2-4-6-17,35-24(37)36-10-9-25(30,31)16-36)19-11-20(27(32,33)34)13-21(28)12-19/h2-8,11-14H,9-10,15-16H2,1H3,(H,35,37)/t26-/m1/s1. The highest BCUT2D eigenvalue weighted by molar-refractivity contribution is 5.77. The molecule has 0 unspecified atom stereocenters. The number of halogens is 7. The van der Waals surface area contributed by atoms with Gasteiger partial charge in [0, 0.05) is 19.4 Å². The summed E-state index contributed by atoms with van der Waals surface area (Å²) in [6, 6.07) is 12.5. The Morgan fingerprint density at radius 1 is 0.974 bits per heavy atom. The van der Waals surface area contributed by atoms with E-state index in [1.54, 1.807) is 30.3 Å². The molecule has 1 saturated heterocycles. The van der Waals surface area contributed by atoms with Crippen LogP contribution in [0.25, 0.3) is 0 Å². The van der Waals surface area contributed by atoms with Crippen LogP contribution in [0.1, 0.15) is 28.7 Å². The third kappa shape index (κ3) is 5.71. The summed E-state index contributed by atoms with van der Waals surface area (Å²) in [5.41, 5.74) is -3.01. The lowest BCUT2D eigenvalue weighted by Crippen LogP contribution is -2.53. The predicted molar refractivity (Wildman–Crippen MR) is 125 cm³/mol. The Morgan fingerprint density at radius 3 is 2.26 bits per heavy atom. The largest absolute Gasteiger partial charge is 0.494 e. The number of nitrogens with zero attached hydrogens (tertiary/aromatic N) is 1. The van der Waals surface area contributed by atoms with Crippen molar-refractivity contribution in [1.29, 1.82) is 0 Å². The minimum atomic E-state index is -4.93. The van der Waals surface area contributed by atoms with Crippen LogP contribution in [0, 0.1) is 11.6 Å². The number of urea groups is 1. The lowest BCUT2D eigenvalue weighted by atomic mass is 9.77. The Morgan fingerprint density at radius 2 is 1.66 bits per heavy atom. The number of rotatable bonds is 6. The fraction of sp³-hybridized carbons (Fsp3) is 0.296. The zero-order valence-corrected chi connectivity index (χ0v) is 20.1. The van der Waals surface area contributed by atoms with E-state index < -0.39 is 53.8 Å². The fourth-order valence-corrected chi connectivity index (χ4v) is 4.56. The van der Waals surface area contributed by atoms with Crippen LogP contribution < -0.4 is 10.1 Å². The average Bonchev–Trinajstić information content (AvgIpc) is 3.23. The number of benzene rings is 3. The quantitative estimate of drug-likeness (QED) is 0.362. The van der Waals surface area contributed by atoms with Gasteiger partial charge in [0.15, 0.2) is 11.6 Å². The fourth-order valence-electron chi connectivity index (χ4n) is 4.56. The van der Waals surface area contributed by atoms with Gasteiger partial charge in [-0.3, -0.25) is 0 Å². The third-order valence-electron chi connectivity index (χ3n) is 6.45. The minimum absolute atomic E-state index is 0.0534. The molecule has 1 fully saturated rings. The van der Waals surface area contributed by atoms with Crippen molar-refractivity contribution in [2.45, 2.75) is 30.5 Å². The average molecular weight is 540 g/mol. The monoisotopic (exact) mass is 540 g/mol. The maximum absolute atomic E-state index is 14.7. The Labute approximate surface area is 214 Å². The molecule has 1 aliphatic heterocycles. The maximum atomic E-state index is 14.7. The maximum Gasteiger partial charge on any atom is 0.416 e. The van der Waals surface area contributed by atoms with Gasteiger partial charge in [-0.1, -0.05) is 36.4 Å². The number of methoxy groups -OCH3 is 1. The van der Waals surface area contributed by atoms with Crippen molar-refractivity contribution in [1.82, 2.24) is 10.2 Å². The van der Waals surface area contributed by atoms with Gasteiger partial charge in [-0.05, 0) is 47.0 Å². The van der Waals surface area contributed by atoms with E-state index in [4.69, 9.17) is 4.74 Å². The number of carbonyl (C=O) groups is 1. The third-order valence-corrected chi connectivity index (χ3v) is 6.45. The number of amides is 2. The molecule has 0 radical (unpaired) electrons. The molecule has 0 aromatic heterocycles. The Kier molecular flexibility index (Phi) is 7.31. The predicted octanol–water partition coefficient (Wildman–Crippen LogP) is 6.53. The molecule has 4 nitrogen and oxygen atoms in total. The van der Waals surface area contributed by atoms with Crippen molar-refractivity contribution in [2.75, 3.05) is 20.2 Å². The van der Waals surface area contributed by atoms with Gasteiger partial charge in [-0.2, -0.15) is 13.2 Å². The van der Waals surface area contributed by atoms with Gasteiger partial charge in [-0.25, -0.2) is 22.4 Å². The first-order chi connectivity index (χ1) is 17.8. The summed E-state index contributed by atoms with van der Waals surface area (Å²) >= 11 is 0. The number of likely N-dealkylation sites (tertiary alicyclic amines) is 1. The van der Waals surface area contributed by atoms with E-state index in [0.29, 0.717) is 17.7 Å². The number of hydrogen-bond donors (Lipinski definition) is 1. The van der Waals surface area contributed by atoms with Crippen LogP contribution in [-0.2, 0) is 18.1 Å². The van der Waals surface area contributed by atoms with Crippen LogP contribution in [0.5, 0.6) is 5.75 Å². The molecule has 1 atom stereocenters. The molecule has 1 aliphatic rings. The summed E-state index contributed by atoms with van der Waals surface area (Å²) in [7, 11) is 1.18. The number of alkyl halides is 5. The SMILES string of the molecule is COc1cc([C@@](Cc2ccccc2)(NC(=O)N2CCC(F)(F)C2)c2cc(F)cc(C(F)(F)F)c2)ccc1F. The zero-order chi connectivity index (χ0) is 27.7. The van der Waals surface area contributed by atoms with Gasteiger partial charge in [0.2, 0.25) is 0 Å². The van der Waals surface area contributed by atoms with Crippen molar-refractivity contribution in [3.8, 4) is 5.75 Å². The van der Waals surface area contributed by atoms with Gasteiger partial charge >= 0.3 is 12.2 Å². The van der Waals surface area contributed by atoms with Crippen LogP contribution in [0.3, 0.4) is 0 Å². The van der Waals surface area contributed by atoms with Gasteiger partial charge < -0.3 is 15.0 Å². The lowest BCUT2D eigenvalue weighted by Gasteiger charge is -2.38. The van der Waals surface area contributed by atoms with Crippen LogP contribution in [0.2, 0.25) is 0 Å². The number of carbonyl (C=O) groups excluding carboxylic acids is 1. The van der Waals surface area contributed by atoms with Crippen LogP contribution in [0.15, 0.2) is 66.7 Å². The van der Waals surface area contributed by atoms with Gasteiger partial charge in [0.25, 0.3) is 5.92 Å². The molecule has 38 heavy (non-hydrogen) atoms. The van der Waals surface area contributed by atoms with Crippen molar-refractivity contribution in [3.63, 3.8) is 0 Å². The van der Waals surface area contributed by atoms with Crippen LogP contribution in [0.4, 0.5) is 35.5 Å². The number of nitrogens with one attached hydrogen (secondary N) is 1. The van der Waals surface area contributed by atoms with Gasteiger partial charge in [-0.15, -0.1) is 0 Å². The molecule has 3 aromatic rings. The molecule has 0 bridgehead atoms. The molecular weight excluding hydrogens is 517 g/mol. The number of hydrogen-bond acceptors (Lipinski definition) is 2. The van der Waals surface area contributed by atoms with E-state index in [2.05, 4.69) is 5.32 Å². The Hall–Kier alpha value is -3.76. The molecule has 202 valence electrons. The van der Waals surface area contributed by atoms with Crippen LogP contribution >= 0.6 is 0 Å². The zero-order valence-electron chi connectivity index (χ0n) is 20.1. The summed E-state index contributed by atoms with van der Waals surface area (Å²) in [5.74, 6) is -5.44. The Balaban J connectivity index is 1.97. The van der Waals surface area contributed by atoms with E-state index in [0.717, 1.165) is 17.0 Å². The summed E-state index contributed by atoms with van der Waals surface area (Å²) in [6.07, 6.45) is -5.75. The Bertz CT molecular complexity index is 1310. The highest BCUT2D eigenvalue weighted by Gasteiger charge is 2.45. The lowest BCUT2D eigenvalue weighted by molar-refractivity contribution is -0.137. The van der Waals surface area contributed by atoms with Crippen molar-refractivity contribution < 1.29 is 40.3 Å².